The van der Waals surface area contributed by atoms with Crippen molar-refractivity contribution in [3.63, 3.8) is 0 Å². The van der Waals surface area contributed by atoms with E-state index < -0.39 is 17.1 Å². The lowest BCUT2D eigenvalue weighted by atomic mass is 9.45. The standard InChI is InChI=1S/C37H44N4O4/c1-4-38-34(44)37(45)16-15-29-28-14-13-26-18-30-25(19-35(26,2)32(28)31(42)20-36(29,37)3)22-40-41(30)27-12-8-11-24(17-27)33(43)39-21-23-9-6-5-7-10-23/h5-12,17-18,22,28-29,31-32,42,45H,4,13-16,19-21H2,1-3H3,(H,38,44)(H,39,43)/t28?,29?,31?,32?,35-,36-,37-/m0/s1. The molecule has 0 spiro atoms. The van der Waals surface area contributed by atoms with Crippen molar-refractivity contribution in [3.05, 3.63) is 88.8 Å². The first-order valence-corrected chi connectivity index (χ1v) is 16.5. The number of aliphatic hydroxyl groups excluding tert-OH is 1. The van der Waals surface area contributed by atoms with Crippen molar-refractivity contribution in [1.82, 2.24) is 20.4 Å². The highest BCUT2D eigenvalue weighted by Crippen LogP contribution is 2.67. The minimum Gasteiger partial charge on any atom is -0.393 e. The van der Waals surface area contributed by atoms with Gasteiger partial charge in [0.2, 0.25) is 0 Å². The number of hydrogen-bond donors (Lipinski definition) is 4. The summed E-state index contributed by atoms with van der Waals surface area (Å²) in [4.78, 5) is 26.1. The minimum absolute atomic E-state index is 0.0419. The summed E-state index contributed by atoms with van der Waals surface area (Å²) >= 11 is 0. The summed E-state index contributed by atoms with van der Waals surface area (Å²) in [5, 5.41) is 34.3. The van der Waals surface area contributed by atoms with Crippen LogP contribution in [0.5, 0.6) is 0 Å². The summed E-state index contributed by atoms with van der Waals surface area (Å²) in [6.07, 6.45) is 7.84. The second-order valence-electron chi connectivity index (χ2n) is 14.2. The summed E-state index contributed by atoms with van der Waals surface area (Å²) in [5.74, 6) is 0.0232. The van der Waals surface area contributed by atoms with Crippen molar-refractivity contribution in [2.75, 3.05) is 6.54 Å². The molecule has 4 aliphatic rings. The first-order chi connectivity index (χ1) is 21.6. The second kappa shape index (κ2) is 11.0. The number of allylic oxidation sites excluding steroid dienone is 1. The maximum Gasteiger partial charge on any atom is 0.252 e. The number of aliphatic hydroxyl groups is 2. The quantitative estimate of drug-likeness (QED) is 0.320. The molecule has 0 saturated heterocycles. The first kappa shape index (κ1) is 29.9. The highest BCUT2D eigenvalue weighted by molar-refractivity contribution is 5.94. The highest BCUT2D eigenvalue weighted by atomic mass is 16.3. The number of hydrogen-bond acceptors (Lipinski definition) is 5. The smallest absolute Gasteiger partial charge is 0.252 e. The van der Waals surface area contributed by atoms with Crippen LogP contribution < -0.4 is 10.6 Å². The van der Waals surface area contributed by atoms with Crippen molar-refractivity contribution in [2.24, 2.45) is 28.6 Å². The molecule has 1 heterocycles. The van der Waals surface area contributed by atoms with Gasteiger partial charge in [0.15, 0.2) is 0 Å². The molecule has 8 nitrogen and oxygen atoms in total. The van der Waals surface area contributed by atoms with Crippen molar-refractivity contribution in [2.45, 2.75) is 77.5 Å². The van der Waals surface area contributed by atoms with Crippen LogP contribution in [0.4, 0.5) is 0 Å². The van der Waals surface area contributed by atoms with Gasteiger partial charge in [-0.3, -0.25) is 9.59 Å². The zero-order valence-electron chi connectivity index (χ0n) is 26.4. The summed E-state index contributed by atoms with van der Waals surface area (Å²) in [6.45, 7) is 7.14. The molecular formula is C37H44N4O4. The Balaban J connectivity index is 1.14. The molecule has 0 bridgehead atoms. The molecule has 7 atom stereocenters. The molecule has 2 amide bonds. The first-order valence-electron chi connectivity index (χ1n) is 16.5. The zero-order valence-corrected chi connectivity index (χ0v) is 26.4. The molecule has 3 saturated carbocycles. The van der Waals surface area contributed by atoms with Gasteiger partial charge in [-0.25, -0.2) is 4.68 Å². The maximum absolute atomic E-state index is 13.1. The Hall–Kier alpha value is -3.75. The molecule has 0 aliphatic heterocycles. The van der Waals surface area contributed by atoms with Gasteiger partial charge in [0.25, 0.3) is 11.8 Å². The second-order valence-corrected chi connectivity index (χ2v) is 14.2. The minimum atomic E-state index is -1.45. The molecule has 7 rings (SSSR count). The Kier molecular flexibility index (Phi) is 7.28. The van der Waals surface area contributed by atoms with Crippen LogP contribution in [-0.2, 0) is 17.8 Å². The van der Waals surface area contributed by atoms with E-state index in [0.717, 1.165) is 48.2 Å². The lowest BCUT2D eigenvalue weighted by Gasteiger charge is -2.60. The van der Waals surface area contributed by atoms with Crippen molar-refractivity contribution < 1.29 is 19.8 Å². The van der Waals surface area contributed by atoms with E-state index in [1.165, 1.54) is 5.57 Å². The average Bonchev–Trinajstić information content (AvgIpc) is 3.56. The molecule has 0 radical (unpaired) electrons. The molecule has 3 aromatic rings. The van der Waals surface area contributed by atoms with Crippen molar-refractivity contribution >= 4 is 17.9 Å². The van der Waals surface area contributed by atoms with Crippen LogP contribution >= 0.6 is 0 Å². The Bertz CT molecular complexity index is 1670. The average molecular weight is 609 g/mol. The Morgan fingerprint density at radius 2 is 1.87 bits per heavy atom. The molecule has 4 aliphatic carbocycles. The van der Waals surface area contributed by atoms with Gasteiger partial charge < -0.3 is 20.8 Å². The van der Waals surface area contributed by atoms with Gasteiger partial charge in [-0.1, -0.05) is 55.8 Å². The predicted octanol–water partition coefficient (Wildman–Crippen LogP) is 4.82. The number of likely N-dealkylation sites (N-methyl/N-ethyl adjacent to an activating group) is 1. The molecule has 2 aromatic carbocycles. The van der Waals surface area contributed by atoms with Gasteiger partial charge in [-0.15, -0.1) is 0 Å². The van der Waals surface area contributed by atoms with Crippen LogP contribution in [0.2, 0.25) is 0 Å². The van der Waals surface area contributed by atoms with Crippen LogP contribution in [0.25, 0.3) is 11.8 Å². The third kappa shape index (κ3) is 4.59. The Labute approximate surface area is 264 Å². The van der Waals surface area contributed by atoms with E-state index in [2.05, 4.69) is 23.6 Å². The summed E-state index contributed by atoms with van der Waals surface area (Å²) < 4.78 is 1.93. The van der Waals surface area contributed by atoms with E-state index in [1.54, 1.807) is 0 Å². The number of carbonyl (C=O) groups is 2. The summed E-state index contributed by atoms with van der Waals surface area (Å²) in [7, 11) is 0. The number of nitrogens with zero attached hydrogens (tertiary/aromatic N) is 2. The molecule has 8 heteroatoms. The number of fused-ring (bicyclic) bond motifs is 6. The zero-order chi connectivity index (χ0) is 31.6. The van der Waals surface area contributed by atoms with Crippen molar-refractivity contribution in [1.29, 1.82) is 0 Å². The number of nitrogens with one attached hydrogen (secondary N) is 2. The molecule has 236 valence electrons. The topological polar surface area (TPSA) is 116 Å². The fourth-order valence-corrected chi connectivity index (χ4v) is 9.73. The maximum atomic E-state index is 13.1. The van der Waals surface area contributed by atoms with Crippen LogP contribution in [0, 0.1) is 28.6 Å². The largest absolute Gasteiger partial charge is 0.393 e. The number of aromatic nitrogens is 2. The summed E-state index contributed by atoms with van der Waals surface area (Å²) in [6, 6.07) is 17.5. The summed E-state index contributed by atoms with van der Waals surface area (Å²) in [5.41, 5.74) is 3.60. The van der Waals surface area contributed by atoms with E-state index in [0.29, 0.717) is 31.5 Å². The van der Waals surface area contributed by atoms with Gasteiger partial charge in [0, 0.05) is 24.1 Å². The van der Waals surface area contributed by atoms with E-state index in [-0.39, 0.29) is 35.0 Å². The molecule has 3 fully saturated rings. The van der Waals surface area contributed by atoms with Gasteiger partial charge in [-0.05, 0) is 104 Å². The van der Waals surface area contributed by atoms with Gasteiger partial charge in [-0.2, -0.15) is 5.10 Å². The fraction of sp³-hybridized carbons (Fsp3) is 0.486. The molecular weight excluding hydrogens is 564 g/mol. The van der Waals surface area contributed by atoms with E-state index >= 15 is 0 Å². The molecule has 4 unspecified atom stereocenters. The van der Waals surface area contributed by atoms with Crippen LogP contribution in [-0.4, -0.2) is 50.1 Å². The lowest BCUT2D eigenvalue weighted by Crippen LogP contribution is -2.63. The van der Waals surface area contributed by atoms with Crippen LogP contribution in [0.3, 0.4) is 0 Å². The molecule has 4 N–H and O–H groups in total. The van der Waals surface area contributed by atoms with Gasteiger partial charge >= 0.3 is 0 Å². The number of carbonyl (C=O) groups excluding carboxylic acids is 2. The lowest BCUT2D eigenvalue weighted by molar-refractivity contribution is -0.180. The SMILES string of the molecule is CCNC(=O)[C@@]1(O)CCC2C3CCC4=Cc5c(cnn5-c5cccc(C(=O)NCc6ccccc6)c5)C[C@]4(C)C3C(O)C[C@@]21C. The van der Waals surface area contributed by atoms with Crippen LogP contribution in [0.15, 0.2) is 66.4 Å². The molecule has 45 heavy (non-hydrogen) atoms. The van der Waals surface area contributed by atoms with E-state index in [1.807, 2.05) is 79.3 Å². The third-order valence-electron chi connectivity index (χ3n) is 11.9. The number of amides is 2. The van der Waals surface area contributed by atoms with E-state index in [4.69, 9.17) is 5.10 Å². The monoisotopic (exact) mass is 608 g/mol. The predicted molar refractivity (Wildman–Crippen MR) is 172 cm³/mol. The number of benzene rings is 2. The van der Waals surface area contributed by atoms with Crippen LogP contribution in [0.1, 0.15) is 80.1 Å². The van der Waals surface area contributed by atoms with Crippen molar-refractivity contribution in [3.8, 4) is 5.69 Å². The Morgan fingerprint density at radius 1 is 1.07 bits per heavy atom. The van der Waals surface area contributed by atoms with Gasteiger partial charge in [0.1, 0.15) is 5.60 Å². The third-order valence-corrected chi connectivity index (χ3v) is 11.9. The van der Waals surface area contributed by atoms with Gasteiger partial charge in [0.05, 0.1) is 23.7 Å². The van der Waals surface area contributed by atoms with E-state index in [9.17, 15) is 19.8 Å². The fourth-order valence-electron chi connectivity index (χ4n) is 9.73. The highest BCUT2D eigenvalue weighted by Gasteiger charge is 2.68. The molecule has 1 aromatic heterocycles. The Morgan fingerprint density at radius 3 is 2.64 bits per heavy atom. The normalized spacial score (nSPS) is 33.2. The number of rotatable bonds is 6.